The van der Waals surface area contributed by atoms with Crippen LogP contribution < -0.4 is 15.5 Å². The van der Waals surface area contributed by atoms with Crippen molar-refractivity contribution in [1.29, 1.82) is 0 Å². The van der Waals surface area contributed by atoms with E-state index in [9.17, 15) is 17.2 Å². The molecule has 1 unspecified atom stereocenters. The van der Waals surface area contributed by atoms with Crippen molar-refractivity contribution < 1.29 is 17.2 Å². The highest BCUT2D eigenvalue weighted by Crippen LogP contribution is 2.26. The largest absolute Gasteiger partial charge is 0.365 e. The predicted molar refractivity (Wildman–Crippen MR) is 100 cm³/mol. The zero-order valence-corrected chi connectivity index (χ0v) is 16.0. The van der Waals surface area contributed by atoms with E-state index in [4.69, 9.17) is 0 Å². The topological polar surface area (TPSA) is 73.8 Å². The molecule has 9 heteroatoms. The van der Waals surface area contributed by atoms with E-state index < -0.39 is 21.5 Å². The van der Waals surface area contributed by atoms with E-state index in [1.165, 1.54) is 18.2 Å². The molecule has 0 aliphatic carbocycles. The molecule has 1 fully saturated rings. The molecular weight excluding hydrogens is 362 g/mol. The first-order valence-electron chi connectivity index (χ1n) is 8.80. The monoisotopic (exact) mass is 388 g/mol. The maximum absolute atomic E-state index is 13.9. The lowest BCUT2D eigenvalue weighted by molar-refractivity contribution is 0.576. The summed E-state index contributed by atoms with van der Waals surface area (Å²) in [5.41, 5.74) is -0.00669. The van der Waals surface area contributed by atoms with Crippen molar-refractivity contribution in [3.63, 3.8) is 0 Å². The van der Waals surface area contributed by atoms with Crippen LogP contribution in [0.25, 0.3) is 0 Å². The number of benzene rings is 1. The van der Waals surface area contributed by atoms with Crippen LogP contribution in [-0.2, 0) is 9.84 Å². The van der Waals surface area contributed by atoms with Gasteiger partial charge < -0.3 is 15.5 Å². The molecule has 26 heavy (non-hydrogen) atoms. The van der Waals surface area contributed by atoms with Crippen LogP contribution in [0.3, 0.4) is 0 Å². The molecule has 1 aliphatic rings. The number of sulfone groups is 1. The number of rotatable bonds is 7. The summed E-state index contributed by atoms with van der Waals surface area (Å²) in [7, 11) is -3.07. The second kappa shape index (κ2) is 9.16. The minimum atomic E-state index is -3.07. The van der Waals surface area contributed by atoms with Crippen molar-refractivity contribution in [1.82, 2.24) is 10.6 Å². The summed E-state index contributed by atoms with van der Waals surface area (Å²) in [6.45, 7) is 5.29. The van der Waals surface area contributed by atoms with Crippen molar-refractivity contribution in [2.45, 2.75) is 26.3 Å². The lowest BCUT2D eigenvalue weighted by Gasteiger charge is -2.21. The summed E-state index contributed by atoms with van der Waals surface area (Å²) in [5, 5.41) is 6.29. The summed E-state index contributed by atoms with van der Waals surface area (Å²) in [4.78, 5) is 5.97. The number of guanidine groups is 1. The molecule has 0 aromatic heterocycles. The van der Waals surface area contributed by atoms with Gasteiger partial charge in [0, 0.05) is 31.4 Å². The van der Waals surface area contributed by atoms with Gasteiger partial charge in [-0.2, -0.15) is 0 Å². The molecule has 2 N–H and O–H groups in total. The Balaban J connectivity index is 1.98. The smallest absolute Gasteiger partial charge is 0.191 e. The predicted octanol–water partition coefficient (Wildman–Crippen LogP) is 1.53. The Bertz CT molecular complexity index is 720. The van der Waals surface area contributed by atoms with Crippen LogP contribution in [0.1, 0.15) is 20.3 Å². The van der Waals surface area contributed by atoms with Gasteiger partial charge in [-0.05, 0) is 25.5 Å². The van der Waals surface area contributed by atoms with E-state index in [1.54, 1.807) is 11.8 Å². The minimum Gasteiger partial charge on any atom is -0.365 e. The van der Waals surface area contributed by atoms with Gasteiger partial charge in [-0.3, -0.25) is 4.99 Å². The van der Waals surface area contributed by atoms with E-state index in [0.29, 0.717) is 32.0 Å². The number of hydrogen-bond acceptors (Lipinski definition) is 4. The molecule has 1 heterocycles. The average Bonchev–Trinajstić information content (AvgIpc) is 3.03. The van der Waals surface area contributed by atoms with Crippen molar-refractivity contribution >= 4 is 21.5 Å². The Labute approximate surface area is 153 Å². The molecule has 0 spiro atoms. The van der Waals surface area contributed by atoms with Crippen LogP contribution in [0.4, 0.5) is 14.5 Å². The van der Waals surface area contributed by atoms with Crippen LogP contribution in [-0.4, -0.2) is 58.1 Å². The number of hydrogen-bond donors (Lipinski definition) is 2. The Morgan fingerprint density at radius 3 is 2.62 bits per heavy atom. The van der Waals surface area contributed by atoms with Crippen molar-refractivity contribution in [3.05, 3.63) is 29.8 Å². The molecule has 1 saturated heterocycles. The van der Waals surface area contributed by atoms with Gasteiger partial charge >= 0.3 is 0 Å². The van der Waals surface area contributed by atoms with E-state index in [-0.39, 0.29) is 29.8 Å². The fourth-order valence-corrected chi connectivity index (χ4v) is 3.48. The molecule has 6 nitrogen and oxygen atoms in total. The third kappa shape index (κ3) is 5.55. The SMILES string of the molecule is CCNC(=NCCS(=O)(=O)CC)NC1CCN(c2c(F)cccc2F)C1. The van der Waals surface area contributed by atoms with Gasteiger partial charge in [0.1, 0.15) is 17.3 Å². The molecule has 0 amide bonds. The zero-order chi connectivity index (χ0) is 19.2. The number of nitrogens with zero attached hydrogens (tertiary/aromatic N) is 2. The van der Waals surface area contributed by atoms with E-state index in [1.807, 2.05) is 6.92 Å². The van der Waals surface area contributed by atoms with Crippen molar-refractivity contribution in [2.75, 3.05) is 42.6 Å². The number of para-hydroxylation sites is 1. The Kier molecular flexibility index (Phi) is 7.19. The second-order valence-electron chi connectivity index (χ2n) is 6.14. The number of anilines is 1. The van der Waals surface area contributed by atoms with Gasteiger partial charge in [-0.1, -0.05) is 13.0 Å². The van der Waals surface area contributed by atoms with Gasteiger partial charge in [0.25, 0.3) is 0 Å². The van der Waals surface area contributed by atoms with Crippen LogP contribution in [0, 0.1) is 11.6 Å². The van der Waals surface area contributed by atoms with Crippen LogP contribution in [0.5, 0.6) is 0 Å². The molecule has 146 valence electrons. The average molecular weight is 388 g/mol. The maximum Gasteiger partial charge on any atom is 0.191 e. The van der Waals surface area contributed by atoms with E-state index >= 15 is 0 Å². The van der Waals surface area contributed by atoms with Gasteiger partial charge in [-0.25, -0.2) is 17.2 Å². The van der Waals surface area contributed by atoms with E-state index in [0.717, 1.165) is 0 Å². The van der Waals surface area contributed by atoms with E-state index in [2.05, 4.69) is 15.6 Å². The van der Waals surface area contributed by atoms with Gasteiger partial charge in [0.15, 0.2) is 15.8 Å². The molecule has 0 bridgehead atoms. The minimum absolute atomic E-state index is 0.00267. The summed E-state index contributed by atoms with van der Waals surface area (Å²) in [5.74, 6) is -0.540. The molecule has 1 aromatic carbocycles. The first kappa shape index (κ1) is 20.4. The summed E-state index contributed by atoms with van der Waals surface area (Å²) in [6, 6.07) is 3.81. The fourth-order valence-electron chi connectivity index (χ4n) is 2.83. The van der Waals surface area contributed by atoms with Gasteiger partial charge in [-0.15, -0.1) is 0 Å². The van der Waals surface area contributed by atoms with Gasteiger partial charge in [0.2, 0.25) is 0 Å². The summed E-state index contributed by atoms with van der Waals surface area (Å²) < 4.78 is 51.0. The Morgan fingerprint density at radius 2 is 2.00 bits per heavy atom. The number of aliphatic imine (C=N–C) groups is 1. The molecule has 2 rings (SSSR count). The Hall–Kier alpha value is -1.90. The third-order valence-corrected chi connectivity index (χ3v) is 5.92. The molecule has 1 aliphatic heterocycles. The quantitative estimate of drug-likeness (QED) is 0.548. The van der Waals surface area contributed by atoms with Gasteiger partial charge in [0.05, 0.1) is 12.3 Å². The van der Waals surface area contributed by atoms with Crippen molar-refractivity contribution in [3.8, 4) is 0 Å². The highest BCUT2D eigenvalue weighted by atomic mass is 32.2. The first-order valence-corrected chi connectivity index (χ1v) is 10.6. The highest BCUT2D eigenvalue weighted by molar-refractivity contribution is 7.91. The lowest BCUT2D eigenvalue weighted by Crippen LogP contribution is -2.45. The Morgan fingerprint density at radius 1 is 1.31 bits per heavy atom. The van der Waals surface area contributed by atoms with Crippen molar-refractivity contribution in [2.24, 2.45) is 4.99 Å². The number of halogens is 2. The molecular formula is C17H26F2N4O2S. The number of nitrogens with one attached hydrogen (secondary N) is 2. The fraction of sp³-hybridized carbons (Fsp3) is 0.588. The second-order valence-corrected chi connectivity index (χ2v) is 8.62. The maximum atomic E-state index is 13.9. The standard InChI is InChI=1S/C17H26F2N4O2S/c1-3-20-17(21-9-11-26(24,25)4-2)22-13-8-10-23(12-13)16-14(18)6-5-7-15(16)19/h5-7,13H,3-4,8-12H2,1-2H3,(H2,20,21,22). The summed E-state index contributed by atoms with van der Waals surface area (Å²) >= 11 is 0. The third-order valence-electron chi connectivity index (χ3n) is 4.24. The first-order chi connectivity index (χ1) is 12.4. The highest BCUT2D eigenvalue weighted by Gasteiger charge is 2.27. The molecule has 0 radical (unpaired) electrons. The normalized spacial score (nSPS) is 18.2. The molecule has 0 saturated carbocycles. The molecule has 1 aromatic rings. The summed E-state index contributed by atoms with van der Waals surface area (Å²) in [6.07, 6.45) is 0.700. The molecule has 1 atom stereocenters. The van der Waals surface area contributed by atoms with Crippen LogP contribution >= 0.6 is 0 Å². The van der Waals surface area contributed by atoms with Crippen LogP contribution in [0.15, 0.2) is 23.2 Å². The lowest BCUT2D eigenvalue weighted by atomic mass is 10.2. The van der Waals surface area contributed by atoms with Crippen LogP contribution in [0.2, 0.25) is 0 Å². The zero-order valence-electron chi connectivity index (χ0n) is 15.1.